The second-order valence-corrected chi connectivity index (χ2v) is 6.13. The van der Waals surface area contributed by atoms with Crippen molar-refractivity contribution in [3.05, 3.63) is 36.0 Å². The second-order valence-electron chi connectivity index (χ2n) is 5.23. The Balaban J connectivity index is 1.49. The summed E-state index contributed by atoms with van der Waals surface area (Å²) in [7, 11) is 0. The normalized spacial score (nSPS) is 15.8. The molecule has 1 aliphatic rings. The Hall–Kier alpha value is -1.95. The Bertz CT molecular complexity index is 741. The molecule has 1 aliphatic heterocycles. The lowest BCUT2D eigenvalue weighted by Gasteiger charge is -2.40. The Labute approximate surface area is 120 Å². The van der Waals surface area contributed by atoms with Gasteiger partial charge in [0.1, 0.15) is 22.8 Å². The number of rotatable bonds is 3. The summed E-state index contributed by atoms with van der Waals surface area (Å²) in [5.41, 5.74) is 0. The molecule has 3 aromatic rings. The van der Waals surface area contributed by atoms with Gasteiger partial charge in [0.25, 0.3) is 0 Å². The fourth-order valence-electron chi connectivity index (χ4n) is 2.76. The molecule has 6 heteroatoms. The van der Waals surface area contributed by atoms with Crippen molar-refractivity contribution in [3.8, 4) is 0 Å². The van der Waals surface area contributed by atoms with Crippen molar-refractivity contribution in [1.82, 2.24) is 19.5 Å². The van der Waals surface area contributed by atoms with Gasteiger partial charge in [-0.05, 0) is 18.4 Å². The van der Waals surface area contributed by atoms with E-state index in [2.05, 4.69) is 49.0 Å². The Morgan fingerprint density at radius 2 is 2.20 bits per heavy atom. The molecule has 0 aromatic carbocycles. The van der Waals surface area contributed by atoms with Crippen LogP contribution in [-0.2, 0) is 6.54 Å². The number of nitrogens with zero attached hydrogens (tertiary/aromatic N) is 5. The quantitative estimate of drug-likeness (QED) is 0.741. The van der Waals surface area contributed by atoms with Gasteiger partial charge in [-0.3, -0.25) is 0 Å². The highest BCUT2D eigenvalue weighted by Gasteiger charge is 2.29. The van der Waals surface area contributed by atoms with Crippen molar-refractivity contribution in [2.24, 2.45) is 5.92 Å². The van der Waals surface area contributed by atoms with Crippen LogP contribution in [-0.4, -0.2) is 32.6 Å². The minimum Gasteiger partial charge on any atom is -0.355 e. The standard InChI is InChI=1S/C14H15N5S/c1-10-15-3-4-18(10)6-11-7-19(8-11)13-12-2-5-20-14(12)17-9-16-13/h2-5,9,11H,6-8H2,1H3. The summed E-state index contributed by atoms with van der Waals surface area (Å²) in [6, 6.07) is 2.11. The summed E-state index contributed by atoms with van der Waals surface area (Å²) in [6.07, 6.45) is 5.59. The fourth-order valence-corrected chi connectivity index (χ4v) is 3.49. The molecule has 3 aromatic heterocycles. The Kier molecular flexibility index (Phi) is 2.70. The van der Waals surface area contributed by atoms with Crippen LogP contribution in [0.4, 0.5) is 5.82 Å². The first-order chi connectivity index (χ1) is 9.81. The number of aryl methyl sites for hydroxylation is 1. The van der Waals surface area contributed by atoms with Crippen LogP contribution in [0.1, 0.15) is 5.82 Å². The van der Waals surface area contributed by atoms with E-state index in [-0.39, 0.29) is 0 Å². The lowest BCUT2D eigenvalue weighted by Crippen LogP contribution is -2.49. The van der Waals surface area contributed by atoms with E-state index in [1.807, 2.05) is 6.20 Å². The van der Waals surface area contributed by atoms with Crippen LogP contribution in [0.5, 0.6) is 0 Å². The SMILES string of the molecule is Cc1nccn1CC1CN(c2ncnc3sccc23)C1. The van der Waals surface area contributed by atoms with Crippen molar-refractivity contribution in [3.63, 3.8) is 0 Å². The van der Waals surface area contributed by atoms with E-state index in [1.54, 1.807) is 17.7 Å². The highest BCUT2D eigenvalue weighted by Crippen LogP contribution is 2.31. The third kappa shape index (κ3) is 1.87. The predicted octanol–water partition coefficient (Wildman–Crippen LogP) is 2.33. The lowest BCUT2D eigenvalue weighted by atomic mass is 10.00. The number of anilines is 1. The molecule has 20 heavy (non-hydrogen) atoms. The average molecular weight is 285 g/mol. The summed E-state index contributed by atoms with van der Waals surface area (Å²) < 4.78 is 2.22. The van der Waals surface area contributed by atoms with Crippen LogP contribution in [0.3, 0.4) is 0 Å². The Morgan fingerprint density at radius 1 is 1.30 bits per heavy atom. The van der Waals surface area contributed by atoms with Gasteiger partial charge in [0.2, 0.25) is 0 Å². The van der Waals surface area contributed by atoms with Gasteiger partial charge in [-0.1, -0.05) is 0 Å². The topological polar surface area (TPSA) is 46.8 Å². The van der Waals surface area contributed by atoms with E-state index in [0.717, 1.165) is 36.1 Å². The minimum absolute atomic E-state index is 0.673. The van der Waals surface area contributed by atoms with Gasteiger partial charge < -0.3 is 9.47 Å². The molecule has 0 atom stereocenters. The first-order valence-corrected chi connectivity index (χ1v) is 7.60. The molecule has 1 saturated heterocycles. The maximum absolute atomic E-state index is 4.45. The molecule has 0 spiro atoms. The predicted molar refractivity (Wildman–Crippen MR) is 80.1 cm³/mol. The van der Waals surface area contributed by atoms with E-state index in [1.165, 1.54) is 5.39 Å². The molecule has 102 valence electrons. The molecular weight excluding hydrogens is 270 g/mol. The van der Waals surface area contributed by atoms with Gasteiger partial charge in [0.05, 0.1) is 5.39 Å². The zero-order valence-electron chi connectivity index (χ0n) is 11.2. The van der Waals surface area contributed by atoms with Gasteiger partial charge in [-0.2, -0.15) is 0 Å². The molecule has 0 bridgehead atoms. The monoisotopic (exact) mass is 285 g/mol. The summed E-state index contributed by atoms with van der Waals surface area (Å²) >= 11 is 1.67. The number of hydrogen-bond donors (Lipinski definition) is 0. The molecule has 5 nitrogen and oxygen atoms in total. The molecule has 0 unspecified atom stereocenters. The third-order valence-corrected chi connectivity index (χ3v) is 4.70. The van der Waals surface area contributed by atoms with Crippen molar-refractivity contribution in [1.29, 1.82) is 0 Å². The molecular formula is C14H15N5S. The van der Waals surface area contributed by atoms with Crippen LogP contribution in [0.25, 0.3) is 10.2 Å². The smallest absolute Gasteiger partial charge is 0.140 e. The van der Waals surface area contributed by atoms with Gasteiger partial charge in [-0.25, -0.2) is 15.0 Å². The van der Waals surface area contributed by atoms with E-state index in [9.17, 15) is 0 Å². The summed E-state index contributed by atoms with van der Waals surface area (Å²) in [4.78, 5) is 16.4. The number of fused-ring (bicyclic) bond motifs is 1. The third-order valence-electron chi connectivity index (χ3n) is 3.88. The fraction of sp³-hybridized carbons (Fsp3) is 0.357. The Morgan fingerprint density at radius 3 is 3.00 bits per heavy atom. The summed E-state index contributed by atoms with van der Waals surface area (Å²) in [5.74, 6) is 2.84. The highest BCUT2D eigenvalue weighted by molar-refractivity contribution is 7.16. The van der Waals surface area contributed by atoms with Crippen LogP contribution in [0.15, 0.2) is 30.2 Å². The largest absolute Gasteiger partial charge is 0.355 e. The second kappa shape index (κ2) is 4.56. The molecule has 0 aliphatic carbocycles. The zero-order valence-corrected chi connectivity index (χ0v) is 12.0. The van der Waals surface area contributed by atoms with Crippen LogP contribution >= 0.6 is 11.3 Å². The molecule has 0 N–H and O–H groups in total. The number of aromatic nitrogens is 4. The van der Waals surface area contributed by atoms with Gasteiger partial charge >= 0.3 is 0 Å². The average Bonchev–Trinajstić information content (AvgIpc) is 3.02. The molecule has 0 saturated carbocycles. The van der Waals surface area contributed by atoms with Crippen LogP contribution < -0.4 is 4.90 Å². The van der Waals surface area contributed by atoms with Crippen molar-refractivity contribution >= 4 is 27.4 Å². The molecule has 0 radical (unpaired) electrons. The van der Waals surface area contributed by atoms with Crippen molar-refractivity contribution in [2.75, 3.05) is 18.0 Å². The minimum atomic E-state index is 0.673. The lowest BCUT2D eigenvalue weighted by molar-refractivity contribution is 0.353. The summed E-state index contributed by atoms with van der Waals surface area (Å²) in [5, 5.41) is 3.25. The first kappa shape index (κ1) is 11.8. The highest BCUT2D eigenvalue weighted by atomic mass is 32.1. The number of thiophene rings is 1. The van der Waals surface area contributed by atoms with E-state index < -0.39 is 0 Å². The van der Waals surface area contributed by atoms with Gasteiger partial charge in [-0.15, -0.1) is 11.3 Å². The zero-order chi connectivity index (χ0) is 13.5. The van der Waals surface area contributed by atoms with E-state index in [0.29, 0.717) is 5.92 Å². The maximum Gasteiger partial charge on any atom is 0.140 e. The van der Waals surface area contributed by atoms with Gasteiger partial charge in [0, 0.05) is 37.9 Å². The van der Waals surface area contributed by atoms with Gasteiger partial charge in [0.15, 0.2) is 0 Å². The maximum atomic E-state index is 4.45. The van der Waals surface area contributed by atoms with E-state index >= 15 is 0 Å². The molecule has 1 fully saturated rings. The number of imidazole rings is 1. The van der Waals surface area contributed by atoms with E-state index in [4.69, 9.17) is 0 Å². The first-order valence-electron chi connectivity index (χ1n) is 6.72. The van der Waals surface area contributed by atoms with Crippen LogP contribution in [0.2, 0.25) is 0 Å². The molecule has 0 amide bonds. The van der Waals surface area contributed by atoms with Crippen molar-refractivity contribution < 1.29 is 0 Å². The number of hydrogen-bond acceptors (Lipinski definition) is 5. The summed E-state index contributed by atoms with van der Waals surface area (Å²) in [6.45, 7) is 5.20. The molecule has 4 heterocycles. The van der Waals surface area contributed by atoms with Crippen LogP contribution in [0, 0.1) is 12.8 Å². The molecule has 4 rings (SSSR count). The van der Waals surface area contributed by atoms with Crippen molar-refractivity contribution in [2.45, 2.75) is 13.5 Å².